The minimum atomic E-state index is -0.998. The Bertz CT molecular complexity index is 318. The lowest BCUT2D eigenvalue weighted by molar-refractivity contribution is -0.306. The van der Waals surface area contributed by atoms with Crippen LogP contribution in [0.25, 0.3) is 0 Å². The molecule has 1 aromatic rings. The fourth-order valence-electron chi connectivity index (χ4n) is 1.89. The molecule has 0 unspecified atom stereocenters. The van der Waals surface area contributed by atoms with Gasteiger partial charge in [-0.25, -0.2) is 0 Å². The third kappa shape index (κ3) is 2.57. The first kappa shape index (κ1) is 11.7. The molecular formula is C12H17NO2. The third-order valence-electron chi connectivity index (χ3n) is 2.95. The third-order valence-corrected chi connectivity index (χ3v) is 2.95. The first-order valence-electron chi connectivity index (χ1n) is 5.26. The van der Waals surface area contributed by atoms with Crippen LogP contribution in [0.3, 0.4) is 0 Å². The molecule has 0 bridgehead atoms. The van der Waals surface area contributed by atoms with Gasteiger partial charge in [-0.3, -0.25) is 4.48 Å². The fraction of sp³-hybridized carbons (Fsp3) is 0.417. The highest BCUT2D eigenvalue weighted by molar-refractivity contribution is 5.70. The highest BCUT2D eigenvalue weighted by Crippen LogP contribution is 2.21. The zero-order chi connectivity index (χ0) is 11.3. The molecule has 1 aromatic carbocycles. The lowest BCUT2D eigenvalue weighted by atomic mass is 10.2. The average Bonchev–Trinajstić information content (AvgIpc) is 2.27. The van der Waals surface area contributed by atoms with E-state index in [4.69, 9.17) is 0 Å². The van der Waals surface area contributed by atoms with E-state index in [1.54, 1.807) is 0 Å². The molecule has 3 heteroatoms. The summed E-state index contributed by atoms with van der Waals surface area (Å²) in [7, 11) is 0. The molecule has 0 heterocycles. The average molecular weight is 207 g/mol. The number of quaternary nitrogens is 1. The Balaban J connectivity index is 3.05. The lowest BCUT2D eigenvalue weighted by Crippen LogP contribution is -2.55. The molecule has 0 aromatic heterocycles. The summed E-state index contributed by atoms with van der Waals surface area (Å²) >= 11 is 0. The van der Waals surface area contributed by atoms with Gasteiger partial charge in [0.1, 0.15) is 12.2 Å². The van der Waals surface area contributed by atoms with E-state index >= 15 is 0 Å². The fourth-order valence-corrected chi connectivity index (χ4v) is 1.89. The molecule has 15 heavy (non-hydrogen) atoms. The van der Waals surface area contributed by atoms with Crippen molar-refractivity contribution in [1.82, 2.24) is 4.48 Å². The molecule has 0 radical (unpaired) electrons. The molecule has 0 aliphatic carbocycles. The number of carbonyl (C=O) groups is 1. The Morgan fingerprint density at radius 2 is 1.73 bits per heavy atom. The van der Waals surface area contributed by atoms with Gasteiger partial charge >= 0.3 is 0 Å². The van der Waals surface area contributed by atoms with E-state index in [-0.39, 0.29) is 6.54 Å². The number of carbonyl (C=O) groups excluding carboxylic acids is 1. The molecule has 0 atom stereocenters. The Kier molecular flexibility index (Phi) is 3.86. The van der Waals surface area contributed by atoms with Gasteiger partial charge in [-0.1, -0.05) is 18.2 Å². The van der Waals surface area contributed by atoms with E-state index in [2.05, 4.69) is 0 Å². The van der Waals surface area contributed by atoms with Crippen molar-refractivity contribution < 1.29 is 9.90 Å². The van der Waals surface area contributed by atoms with Gasteiger partial charge in [-0.2, -0.15) is 0 Å². The monoisotopic (exact) mass is 207 g/mol. The maximum absolute atomic E-state index is 10.8. The van der Waals surface area contributed by atoms with Crippen LogP contribution >= 0.6 is 0 Å². The second-order valence-corrected chi connectivity index (χ2v) is 3.64. The Morgan fingerprint density at radius 1 is 1.20 bits per heavy atom. The van der Waals surface area contributed by atoms with E-state index in [0.29, 0.717) is 4.48 Å². The summed E-state index contributed by atoms with van der Waals surface area (Å²) in [5, 5.41) is 10.8. The number of para-hydroxylation sites is 1. The number of hydrogen-bond acceptors (Lipinski definition) is 2. The van der Waals surface area contributed by atoms with Gasteiger partial charge in [0.05, 0.1) is 19.1 Å². The van der Waals surface area contributed by atoms with Gasteiger partial charge in [0.25, 0.3) is 0 Å². The quantitative estimate of drug-likeness (QED) is 0.669. The van der Waals surface area contributed by atoms with Crippen LogP contribution in [0, 0.1) is 0 Å². The van der Waals surface area contributed by atoms with E-state index in [1.807, 2.05) is 44.2 Å². The summed E-state index contributed by atoms with van der Waals surface area (Å²) in [4.78, 5) is 10.8. The van der Waals surface area contributed by atoms with Crippen molar-refractivity contribution in [3.63, 3.8) is 0 Å². The van der Waals surface area contributed by atoms with E-state index in [9.17, 15) is 9.90 Å². The van der Waals surface area contributed by atoms with Gasteiger partial charge in [0.15, 0.2) is 0 Å². The highest BCUT2D eigenvalue weighted by atomic mass is 16.4. The molecule has 82 valence electrons. The van der Waals surface area contributed by atoms with E-state index in [0.717, 1.165) is 18.8 Å². The summed E-state index contributed by atoms with van der Waals surface area (Å²) in [6.07, 6.45) is 0. The first-order valence-corrected chi connectivity index (χ1v) is 5.26. The number of carboxylic acid groups (broad SMARTS) is 1. The van der Waals surface area contributed by atoms with E-state index in [1.165, 1.54) is 0 Å². The van der Waals surface area contributed by atoms with Crippen LogP contribution in [-0.2, 0) is 4.79 Å². The molecule has 1 rings (SSSR count). The van der Waals surface area contributed by atoms with Crippen LogP contribution < -0.4 is 9.59 Å². The molecule has 3 nitrogen and oxygen atoms in total. The molecule has 0 amide bonds. The highest BCUT2D eigenvalue weighted by Gasteiger charge is 2.26. The summed E-state index contributed by atoms with van der Waals surface area (Å²) < 4.78 is 0.448. The van der Waals surface area contributed by atoms with Crippen LogP contribution in [0.1, 0.15) is 13.8 Å². The molecule has 0 aliphatic heterocycles. The Morgan fingerprint density at radius 3 is 2.13 bits per heavy atom. The van der Waals surface area contributed by atoms with Gasteiger partial charge in [0.2, 0.25) is 0 Å². The van der Waals surface area contributed by atoms with Crippen molar-refractivity contribution in [2.24, 2.45) is 0 Å². The molecule has 0 saturated carbocycles. The van der Waals surface area contributed by atoms with Crippen LogP contribution in [0.4, 0.5) is 5.69 Å². The summed E-state index contributed by atoms with van der Waals surface area (Å²) in [6.45, 7) is 5.55. The number of aliphatic carboxylic acids is 1. The zero-order valence-corrected chi connectivity index (χ0v) is 9.27. The number of hydrogen-bond donors (Lipinski definition) is 0. The number of rotatable bonds is 5. The van der Waals surface area contributed by atoms with E-state index < -0.39 is 5.97 Å². The van der Waals surface area contributed by atoms with Crippen molar-refractivity contribution in [2.75, 3.05) is 19.6 Å². The minimum Gasteiger partial charge on any atom is -0.544 e. The van der Waals surface area contributed by atoms with Crippen molar-refractivity contribution in [3.05, 3.63) is 30.3 Å². The maximum Gasteiger partial charge on any atom is 0.133 e. The summed E-state index contributed by atoms with van der Waals surface area (Å²) in [5.74, 6) is -0.998. The molecule has 0 N–H and O–H groups in total. The van der Waals surface area contributed by atoms with Crippen LogP contribution in [0.2, 0.25) is 0 Å². The number of likely N-dealkylation sites (N-methyl/N-ethyl adjacent to an activating group) is 1. The number of benzene rings is 1. The molecular weight excluding hydrogens is 190 g/mol. The smallest absolute Gasteiger partial charge is 0.133 e. The van der Waals surface area contributed by atoms with Crippen LogP contribution in [-0.4, -0.2) is 25.6 Å². The van der Waals surface area contributed by atoms with Crippen molar-refractivity contribution in [1.29, 1.82) is 0 Å². The predicted octanol–water partition coefficient (Wildman–Crippen LogP) is 0.784. The number of carboxylic acids is 1. The lowest BCUT2D eigenvalue weighted by Gasteiger charge is -2.36. The van der Waals surface area contributed by atoms with Gasteiger partial charge in [-0.15, -0.1) is 0 Å². The molecule has 0 spiro atoms. The van der Waals surface area contributed by atoms with Gasteiger partial charge in [0, 0.05) is 0 Å². The second kappa shape index (κ2) is 4.94. The van der Waals surface area contributed by atoms with Crippen molar-refractivity contribution in [3.8, 4) is 0 Å². The van der Waals surface area contributed by atoms with Crippen molar-refractivity contribution in [2.45, 2.75) is 13.8 Å². The first-order chi connectivity index (χ1) is 7.14. The van der Waals surface area contributed by atoms with Gasteiger partial charge in [-0.05, 0) is 26.0 Å². The zero-order valence-electron chi connectivity index (χ0n) is 9.27. The van der Waals surface area contributed by atoms with Crippen LogP contribution in [0.15, 0.2) is 30.3 Å². The maximum atomic E-state index is 10.8. The summed E-state index contributed by atoms with van der Waals surface area (Å²) in [6, 6.07) is 9.74. The second-order valence-electron chi connectivity index (χ2n) is 3.64. The molecule has 0 aliphatic rings. The van der Waals surface area contributed by atoms with Crippen LogP contribution in [0.5, 0.6) is 0 Å². The molecule has 0 fully saturated rings. The van der Waals surface area contributed by atoms with Gasteiger partial charge < -0.3 is 9.90 Å². The van der Waals surface area contributed by atoms with Crippen molar-refractivity contribution >= 4 is 11.7 Å². The Labute approximate surface area is 90.5 Å². The summed E-state index contributed by atoms with van der Waals surface area (Å²) in [5.41, 5.74) is 1.03. The SMILES string of the molecule is CC[N+](CC)(CC(=O)[O-])c1ccccc1. The normalized spacial score (nSPS) is 11.3. The molecule has 0 saturated heterocycles. The topological polar surface area (TPSA) is 40.1 Å². The Hall–Kier alpha value is -1.35. The minimum absolute atomic E-state index is 0.0387. The largest absolute Gasteiger partial charge is 0.544 e. The predicted molar refractivity (Wildman–Crippen MR) is 59.2 cm³/mol. The standard InChI is InChI=1S/C12H17NO2/c1-3-13(4-2,10-12(14)15)11-8-6-5-7-9-11/h5-9H,3-4,10H2,1-2H3. The number of nitrogens with zero attached hydrogens (tertiary/aromatic N) is 1.